The smallest absolute Gasteiger partial charge is 0.156 e. The van der Waals surface area contributed by atoms with E-state index in [1.165, 1.54) is 0 Å². The van der Waals surface area contributed by atoms with Crippen LogP contribution in [0.2, 0.25) is 0 Å². The number of aliphatic hydroxyl groups is 1. The number of rotatable bonds is 0. The van der Waals surface area contributed by atoms with Gasteiger partial charge in [-0.2, -0.15) is 0 Å². The van der Waals surface area contributed by atoms with E-state index in [1.54, 1.807) is 0 Å². The van der Waals surface area contributed by atoms with E-state index in [1.807, 2.05) is 45.2 Å². The van der Waals surface area contributed by atoms with E-state index in [9.17, 15) is 0 Å². The molecular formula is CH2I2O. The molecular weight excluding hydrogens is 282 g/mol. The third kappa shape index (κ3) is 9.93. The van der Waals surface area contributed by atoms with Gasteiger partial charge in [-0.05, 0) is 45.2 Å². The van der Waals surface area contributed by atoms with Crippen LogP contribution in [0.4, 0.5) is 0 Å². The van der Waals surface area contributed by atoms with Crippen molar-refractivity contribution >= 4 is 45.2 Å². The Morgan fingerprint density at radius 1 is 1.50 bits per heavy atom. The lowest BCUT2D eigenvalue weighted by Gasteiger charge is -1.74. The maximum absolute atomic E-state index is 8.03. The first-order valence-electron chi connectivity index (χ1n) is 0.695. The SMILES string of the molecule is OC(I)I. The molecule has 0 aliphatic carbocycles. The second-order valence-corrected chi connectivity index (χ2v) is 5.02. The zero-order valence-corrected chi connectivity index (χ0v) is 6.10. The number of halogens is 2. The molecule has 0 atom stereocenters. The van der Waals surface area contributed by atoms with Gasteiger partial charge in [0.05, 0.1) is 0 Å². The van der Waals surface area contributed by atoms with Crippen LogP contribution in [0.3, 0.4) is 0 Å². The van der Waals surface area contributed by atoms with Crippen molar-refractivity contribution in [3.8, 4) is 0 Å². The van der Waals surface area contributed by atoms with Crippen molar-refractivity contribution in [3.05, 3.63) is 0 Å². The van der Waals surface area contributed by atoms with E-state index >= 15 is 0 Å². The Balaban J connectivity index is 2.32. The van der Waals surface area contributed by atoms with Crippen molar-refractivity contribution < 1.29 is 5.11 Å². The summed E-state index contributed by atoms with van der Waals surface area (Å²) in [7, 11) is 0. The molecule has 0 unspecified atom stereocenters. The predicted octanol–water partition coefficient (Wildman–Crippen LogP) is 1.13. The van der Waals surface area contributed by atoms with Crippen LogP contribution in [0.25, 0.3) is 0 Å². The lowest BCUT2D eigenvalue weighted by atomic mass is 11.8. The van der Waals surface area contributed by atoms with Crippen LogP contribution in [0.15, 0.2) is 0 Å². The van der Waals surface area contributed by atoms with Crippen LogP contribution < -0.4 is 0 Å². The molecule has 0 saturated carbocycles. The summed E-state index contributed by atoms with van der Waals surface area (Å²) in [6.07, 6.45) is 0. The van der Waals surface area contributed by atoms with E-state index in [2.05, 4.69) is 0 Å². The van der Waals surface area contributed by atoms with Crippen LogP contribution in [0, 0.1) is 0 Å². The molecule has 0 radical (unpaired) electrons. The van der Waals surface area contributed by atoms with Gasteiger partial charge in [-0.3, -0.25) is 0 Å². The summed E-state index contributed by atoms with van der Waals surface area (Å²) in [5.74, 6) is 0. The molecule has 0 rings (SSSR count). The van der Waals surface area contributed by atoms with Gasteiger partial charge >= 0.3 is 0 Å². The molecule has 1 nitrogen and oxygen atoms in total. The Morgan fingerprint density at radius 3 is 1.50 bits per heavy atom. The van der Waals surface area contributed by atoms with E-state index < -0.39 is 0 Å². The molecule has 26 valence electrons. The summed E-state index contributed by atoms with van der Waals surface area (Å²) in [6, 6.07) is 0. The zero-order chi connectivity index (χ0) is 3.58. The number of hydrogen-bond donors (Lipinski definition) is 1. The van der Waals surface area contributed by atoms with Crippen molar-refractivity contribution in [2.24, 2.45) is 0 Å². The van der Waals surface area contributed by atoms with Crippen LogP contribution >= 0.6 is 45.2 Å². The Hall–Kier alpha value is 1.42. The fourth-order valence-electron chi connectivity index (χ4n) is 0. The Labute approximate surface area is 52.1 Å². The third-order valence-electron chi connectivity index (χ3n) is 0. The van der Waals surface area contributed by atoms with Crippen LogP contribution in [-0.4, -0.2) is 7.22 Å². The minimum atomic E-state index is -0.227. The highest BCUT2D eigenvalue weighted by Crippen LogP contribution is 2.01. The Kier molecular flexibility index (Phi) is 3.59. The third-order valence-corrected chi connectivity index (χ3v) is 0. The molecule has 1 N–H and O–H groups in total. The van der Waals surface area contributed by atoms with Crippen LogP contribution in [0.1, 0.15) is 0 Å². The van der Waals surface area contributed by atoms with E-state index in [0.717, 1.165) is 0 Å². The fourth-order valence-corrected chi connectivity index (χ4v) is 0. The van der Waals surface area contributed by atoms with Gasteiger partial charge in [0.15, 0.2) is 2.12 Å². The largest absolute Gasteiger partial charge is 0.373 e. The highest BCUT2D eigenvalue weighted by Gasteiger charge is 1.75. The predicted molar refractivity (Wildman–Crippen MR) is 34.0 cm³/mol. The second-order valence-electron chi connectivity index (χ2n) is 0.278. The lowest BCUT2D eigenvalue weighted by molar-refractivity contribution is 0.372. The summed E-state index contributed by atoms with van der Waals surface area (Å²) >= 11 is 3.77. The van der Waals surface area contributed by atoms with Gasteiger partial charge in [0.25, 0.3) is 0 Å². The normalized spacial score (nSPS) is 9.00. The van der Waals surface area contributed by atoms with Crippen molar-refractivity contribution in [1.29, 1.82) is 0 Å². The molecule has 0 bridgehead atoms. The number of hydrogen-bond acceptors (Lipinski definition) is 1. The topological polar surface area (TPSA) is 20.2 Å². The van der Waals surface area contributed by atoms with Crippen molar-refractivity contribution in [2.75, 3.05) is 0 Å². The Bertz CT molecular complexity index is 10.8. The van der Waals surface area contributed by atoms with Gasteiger partial charge in [0.2, 0.25) is 0 Å². The average Bonchev–Trinajstić information content (AvgIpc) is 0.811. The molecule has 0 aliphatic rings. The van der Waals surface area contributed by atoms with Gasteiger partial charge in [-0.1, -0.05) is 0 Å². The maximum Gasteiger partial charge on any atom is 0.156 e. The highest BCUT2D eigenvalue weighted by molar-refractivity contribution is 14.2. The summed E-state index contributed by atoms with van der Waals surface area (Å²) in [6.45, 7) is 0. The molecule has 0 aromatic carbocycles. The van der Waals surface area contributed by atoms with Crippen molar-refractivity contribution in [2.45, 2.75) is 2.12 Å². The first-order chi connectivity index (χ1) is 1.73. The molecule has 3 heteroatoms. The van der Waals surface area contributed by atoms with Gasteiger partial charge in [-0.25, -0.2) is 0 Å². The summed E-state index contributed by atoms with van der Waals surface area (Å²) in [5.41, 5.74) is 0. The zero-order valence-electron chi connectivity index (χ0n) is 1.78. The minimum absolute atomic E-state index is 0.227. The number of alkyl halides is 2. The summed E-state index contributed by atoms with van der Waals surface area (Å²) in [4.78, 5) is 0. The van der Waals surface area contributed by atoms with Crippen LogP contribution in [-0.2, 0) is 0 Å². The molecule has 0 spiro atoms. The standard InChI is InChI=1S/CH2I2O/c2-1(3)4/h1,4H. The van der Waals surface area contributed by atoms with Gasteiger partial charge in [0, 0.05) is 0 Å². The minimum Gasteiger partial charge on any atom is -0.373 e. The van der Waals surface area contributed by atoms with Gasteiger partial charge in [-0.15, -0.1) is 0 Å². The first kappa shape index (κ1) is 5.42. The summed E-state index contributed by atoms with van der Waals surface area (Å²) < 4.78 is -0.227. The van der Waals surface area contributed by atoms with Gasteiger partial charge < -0.3 is 5.11 Å². The highest BCUT2D eigenvalue weighted by atomic mass is 127. The molecule has 0 aromatic rings. The first-order valence-corrected chi connectivity index (χ1v) is 3.19. The quantitative estimate of drug-likeness (QED) is 0.522. The molecule has 0 aliphatic heterocycles. The molecule has 4 heavy (non-hydrogen) atoms. The number of aliphatic hydroxyl groups excluding tert-OH is 1. The van der Waals surface area contributed by atoms with E-state index in [4.69, 9.17) is 5.11 Å². The average molecular weight is 284 g/mol. The van der Waals surface area contributed by atoms with E-state index in [0.29, 0.717) is 0 Å². The lowest BCUT2D eigenvalue weighted by Crippen LogP contribution is -1.69. The fraction of sp³-hybridized carbons (Fsp3) is 1.00. The van der Waals surface area contributed by atoms with Crippen LogP contribution in [0.5, 0.6) is 0 Å². The molecule has 0 heterocycles. The van der Waals surface area contributed by atoms with E-state index in [-0.39, 0.29) is 2.12 Å². The van der Waals surface area contributed by atoms with Gasteiger partial charge in [0.1, 0.15) is 0 Å². The van der Waals surface area contributed by atoms with Crippen molar-refractivity contribution in [3.63, 3.8) is 0 Å². The second kappa shape index (κ2) is 2.65. The molecule has 0 saturated heterocycles. The van der Waals surface area contributed by atoms with Crippen molar-refractivity contribution in [1.82, 2.24) is 0 Å². The molecule has 0 amide bonds. The molecule has 0 aromatic heterocycles. The monoisotopic (exact) mass is 284 g/mol. The maximum atomic E-state index is 8.03. The summed E-state index contributed by atoms with van der Waals surface area (Å²) in [5, 5.41) is 8.03. The molecule has 0 fully saturated rings. The Morgan fingerprint density at radius 2 is 1.50 bits per heavy atom.